The normalized spacial score (nSPS) is 10.6. The van der Waals surface area contributed by atoms with Gasteiger partial charge in [-0.3, -0.25) is 9.59 Å². The number of benzene rings is 4. The molecule has 0 N–H and O–H groups in total. The Morgan fingerprint density at radius 3 is 1.23 bits per heavy atom. The number of rotatable bonds is 5. The molecule has 0 heterocycles. The molecule has 146 valence electrons. The van der Waals surface area contributed by atoms with Crippen molar-refractivity contribution in [3.05, 3.63) is 130 Å². The molecule has 2 heteroatoms. The molecule has 0 amide bonds. The van der Waals surface area contributed by atoms with Gasteiger partial charge in [-0.1, -0.05) is 108 Å². The molecule has 0 radical (unpaired) electrons. The zero-order valence-corrected chi connectivity index (χ0v) is 17.1. The van der Waals surface area contributed by atoms with Gasteiger partial charge in [0.15, 0.2) is 11.6 Å². The first-order chi connectivity index (χ1) is 14.5. The molecule has 0 aliphatic rings. The van der Waals surface area contributed by atoms with Crippen LogP contribution < -0.4 is 0 Å². The van der Waals surface area contributed by atoms with Crippen LogP contribution in [-0.2, 0) is 0 Å². The summed E-state index contributed by atoms with van der Waals surface area (Å²) in [4.78, 5) is 26.6. The van der Waals surface area contributed by atoms with Crippen molar-refractivity contribution in [2.24, 2.45) is 0 Å². The van der Waals surface area contributed by atoms with Crippen LogP contribution in [-0.4, -0.2) is 11.6 Å². The van der Waals surface area contributed by atoms with Gasteiger partial charge in [-0.2, -0.15) is 0 Å². The lowest BCUT2D eigenvalue weighted by molar-refractivity contribution is 0.103. The highest BCUT2D eigenvalue weighted by molar-refractivity contribution is 6.17. The summed E-state index contributed by atoms with van der Waals surface area (Å²) in [5.41, 5.74) is 6.10. The zero-order chi connectivity index (χ0) is 21.1. The maximum atomic E-state index is 13.3. The molecule has 0 atom stereocenters. The molecule has 0 aromatic heterocycles. The third kappa shape index (κ3) is 3.85. The number of hydrogen-bond donors (Lipinski definition) is 0. The fourth-order valence-corrected chi connectivity index (χ4v) is 3.65. The van der Waals surface area contributed by atoms with E-state index in [1.54, 1.807) is 0 Å². The monoisotopic (exact) mass is 390 g/mol. The van der Waals surface area contributed by atoms with E-state index < -0.39 is 0 Å². The summed E-state index contributed by atoms with van der Waals surface area (Å²) in [6.07, 6.45) is 0. The Morgan fingerprint density at radius 1 is 0.500 bits per heavy atom. The first-order valence-corrected chi connectivity index (χ1v) is 9.96. The van der Waals surface area contributed by atoms with E-state index in [4.69, 9.17) is 0 Å². The lowest BCUT2D eigenvalue weighted by Crippen LogP contribution is -2.08. The molecular weight excluding hydrogens is 368 g/mol. The third-order valence-corrected chi connectivity index (χ3v) is 5.20. The molecule has 0 unspecified atom stereocenters. The molecule has 0 fully saturated rings. The first-order valence-electron chi connectivity index (χ1n) is 9.96. The second-order valence-electron chi connectivity index (χ2n) is 7.49. The van der Waals surface area contributed by atoms with Crippen LogP contribution in [0.5, 0.6) is 0 Å². The molecule has 4 rings (SSSR count). The van der Waals surface area contributed by atoms with E-state index in [0.717, 1.165) is 22.3 Å². The molecule has 0 saturated heterocycles. The Bertz CT molecular complexity index is 1120. The van der Waals surface area contributed by atoms with Crippen LogP contribution in [0.25, 0.3) is 11.1 Å². The van der Waals surface area contributed by atoms with E-state index >= 15 is 0 Å². The van der Waals surface area contributed by atoms with Crippen LogP contribution in [0.3, 0.4) is 0 Å². The summed E-state index contributed by atoms with van der Waals surface area (Å²) in [5, 5.41) is 0. The van der Waals surface area contributed by atoms with Crippen molar-refractivity contribution < 1.29 is 9.59 Å². The summed E-state index contributed by atoms with van der Waals surface area (Å²) in [5.74, 6) is -0.101. The molecule has 30 heavy (non-hydrogen) atoms. The van der Waals surface area contributed by atoms with Gasteiger partial charge in [0.05, 0.1) is 0 Å². The molecule has 0 aliphatic heterocycles. The fraction of sp³-hybridized carbons (Fsp3) is 0.0714. The van der Waals surface area contributed by atoms with Crippen molar-refractivity contribution >= 4 is 11.6 Å². The lowest BCUT2D eigenvalue weighted by Gasteiger charge is -2.15. The largest absolute Gasteiger partial charge is 0.289 e. The van der Waals surface area contributed by atoms with E-state index in [1.165, 1.54) is 0 Å². The standard InChI is InChI=1S/C28H22O2/c1-19-13-15-23(27(29)21-9-5-3-6-10-21)25(17-19)26-18-20(2)14-16-24(26)28(30)22-11-7-4-8-12-22/h3-18H,1-2H3. The van der Waals surface area contributed by atoms with E-state index in [9.17, 15) is 9.59 Å². The van der Waals surface area contributed by atoms with Gasteiger partial charge in [0.2, 0.25) is 0 Å². The van der Waals surface area contributed by atoms with Gasteiger partial charge in [0.1, 0.15) is 0 Å². The summed E-state index contributed by atoms with van der Waals surface area (Å²) in [7, 11) is 0. The molecule has 0 saturated carbocycles. The van der Waals surface area contributed by atoms with Crippen LogP contribution in [0, 0.1) is 13.8 Å². The van der Waals surface area contributed by atoms with Crippen LogP contribution in [0.1, 0.15) is 43.0 Å². The second kappa shape index (κ2) is 8.30. The molecule has 2 nitrogen and oxygen atoms in total. The van der Waals surface area contributed by atoms with Crippen molar-refractivity contribution in [1.82, 2.24) is 0 Å². The predicted octanol–water partition coefficient (Wildman–Crippen LogP) is 6.43. The molecule has 4 aromatic rings. The van der Waals surface area contributed by atoms with Gasteiger partial charge in [0.25, 0.3) is 0 Å². The quantitative estimate of drug-likeness (QED) is 0.368. The Labute approximate surface area is 176 Å². The van der Waals surface area contributed by atoms with Crippen molar-refractivity contribution in [2.45, 2.75) is 13.8 Å². The highest BCUT2D eigenvalue weighted by atomic mass is 16.1. The van der Waals surface area contributed by atoms with Crippen molar-refractivity contribution in [2.75, 3.05) is 0 Å². The lowest BCUT2D eigenvalue weighted by atomic mass is 9.87. The van der Waals surface area contributed by atoms with Gasteiger partial charge in [-0.25, -0.2) is 0 Å². The van der Waals surface area contributed by atoms with E-state index in [2.05, 4.69) is 0 Å². The van der Waals surface area contributed by atoms with Crippen LogP contribution in [0.15, 0.2) is 97.1 Å². The van der Waals surface area contributed by atoms with Gasteiger partial charge in [0, 0.05) is 22.3 Å². The Kier molecular flexibility index (Phi) is 5.40. The van der Waals surface area contributed by atoms with Crippen molar-refractivity contribution in [1.29, 1.82) is 0 Å². The van der Waals surface area contributed by atoms with Gasteiger partial charge in [-0.05, 0) is 25.0 Å². The molecule has 0 bridgehead atoms. The zero-order valence-electron chi connectivity index (χ0n) is 17.1. The predicted molar refractivity (Wildman–Crippen MR) is 121 cm³/mol. The third-order valence-electron chi connectivity index (χ3n) is 5.20. The van der Waals surface area contributed by atoms with Crippen molar-refractivity contribution in [3.63, 3.8) is 0 Å². The number of carbonyl (C=O) groups is 2. The van der Waals surface area contributed by atoms with Crippen LogP contribution in [0.2, 0.25) is 0 Å². The molecule has 0 spiro atoms. The maximum absolute atomic E-state index is 13.3. The second-order valence-corrected chi connectivity index (χ2v) is 7.49. The number of aryl methyl sites for hydroxylation is 2. The smallest absolute Gasteiger partial charge is 0.193 e. The Hall–Kier alpha value is -3.78. The average Bonchev–Trinajstić information content (AvgIpc) is 2.79. The van der Waals surface area contributed by atoms with E-state index in [0.29, 0.717) is 22.3 Å². The van der Waals surface area contributed by atoms with Crippen molar-refractivity contribution in [3.8, 4) is 11.1 Å². The van der Waals surface area contributed by atoms with Gasteiger partial charge >= 0.3 is 0 Å². The topological polar surface area (TPSA) is 34.1 Å². The van der Waals surface area contributed by atoms with Crippen LogP contribution >= 0.6 is 0 Å². The molecule has 4 aromatic carbocycles. The summed E-state index contributed by atoms with van der Waals surface area (Å²) < 4.78 is 0. The Morgan fingerprint density at radius 2 is 0.867 bits per heavy atom. The summed E-state index contributed by atoms with van der Waals surface area (Å²) in [6, 6.07) is 30.1. The van der Waals surface area contributed by atoms with E-state index in [1.807, 2.05) is 111 Å². The minimum absolute atomic E-state index is 0.0507. The molecular formula is C28H22O2. The van der Waals surface area contributed by atoms with Gasteiger partial charge < -0.3 is 0 Å². The maximum Gasteiger partial charge on any atom is 0.193 e. The average molecular weight is 390 g/mol. The SMILES string of the molecule is Cc1ccc(C(=O)c2ccccc2)c(-c2cc(C)ccc2C(=O)c2ccccc2)c1. The Balaban J connectivity index is 1.91. The van der Waals surface area contributed by atoms with Crippen LogP contribution in [0.4, 0.5) is 0 Å². The van der Waals surface area contributed by atoms with E-state index in [-0.39, 0.29) is 11.6 Å². The summed E-state index contributed by atoms with van der Waals surface area (Å²) >= 11 is 0. The number of hydrogen-bond acceptors (Lipinski definition) is 2. The molecule has 0 aliphatic carbocycles. The first kappa shape index (κ1) is 19.5. The number of ketones is 2. The fourth-order valence-electron chi connectivity index (χ4n) is 3.65. The van der Waals surface area contributed by atoms with Gasteiger partial charge in [-0.15, -0.1) is 0 Å². The highest BCUT2D eigenvalue weighted by Crippen LogP contribution is 2.32. The minimum Gasteiger partial charge on any atom is -0.289 e. The summed E-state index contributed by atoms with van der Waals surface area (Å²) in [6.45, 7) is 3.99. The minimum atomic E-state index is -0.0507. The highest BCUT2D eigenvalue weighted by Gasteiger charge is 2.20. The number of carbonyl (C=O) groups excluding carboxylic acids is 2.